The van der Waals surface area contributed by atoms with Gasteiger partial charge in [0.05, 0.1) is 5.56 Å². The summed E-state index contributed by atoms with van der Waals surface area (Å²) in [6.07, 6.45) is -1.69. The van der Waals surface area contributed by atoms with Crippen LogP contribution in [0.5, 0.6) is 0 Å². The van der Waals surface area contributed by atoms with Gasteiger partial charge in [-0.3, -0.25) is 10.1 Å². The number of aryl methyl sites for hydroxylation is 1. The van der Waals surface area contributed by atoms with Gasteiger partial charge in [-0.2, -0.15) is 13.2 Å². The van der Waals surface area contributed by atoms with Crippen LogP contribution in [0.1, 0.15) is 40.8 Å². The number of hydrogen-bond donors (Lipinski definition) is 2. The number of rotatable bonds is 8. The SMILES string of the molecule is CNC(=O)C(N[C@H](CCc1ccc(C(F)(F)F)cc1)c1ccc(Cl)nc1)c1ccccc1. The van der Waals surface area contributed by atoms with Crippen LogP contribution in [0, 0.1) is 0 Å². The van der Waals surface area contributed by atoms with Crippen LogP contribution in [-0.2, 0) is 17.4 Å². The van der Waals surface area contributed by atoms with Gasteiger partial charge in [-0.05, 0) is 47.7 Å². The van der Waals surface area contributed by atoms with Gasteiger partial charge < -0.3 is 5.32 Å². The molecule has 2 N–H and O–H groups in total. The second-order valence-electron chi connectivity index (χ2n) is 7.32. The lowest BCUT2D eigenvalue weighted by Crippen LogP contribution is -2.38. The Labute approximate surface area is 189 Å². The molecular formula is C24H23ClF3N3O. The van der Waals surface area contributed by atoms with Crippen LogP contribution in [0.2, 0.25) is 5.15 Å². The van der Waals surface area contributed by atoms with E-state index in [4.69, 9.17) is 11.6 Å². The van der Waals surface area contributed by atoms with E-state index in [-0.39, 0.29) is 11.9 Å². The number of hydrogen-bond acceptors (Lipinski definition) is 3. The van der Waals surface area contributed by atoms with E-state index >= 15 is 0 Å². The highest BCUT2D eigenvalue weighted by Gasteiger charge is 2.30. The molecule has 0 saturated carbocycles. The largest absolute Gasteiger partial charge is 0.416 e. The van der Waals surface area contributed by atoms with Crippen molar-refractivity contribution in [3.63, 3.8) is 0 Å². The van der Waals surface area contributed by atoms with Crippen LogP contribution >= 0.6 is 11.6 Å². The van der Waals surface area contributed by atoms with Crippen molar-refractivity contribution in [2.75, 3.05) is 7.05 Å². The van der Waals surface area contributed by atoms with Gasteiger partial charge in [0, 0.05) is 19.3 Å². The number of amides is 1. The summed E-state index contributed by atoms with van der Waals surface area (Å²) in [6.45, 7) is 0. The summed E-state index contributed by atoms with van der Waals surface area (Å²) in [5, 5.41) is 6.41. The topological polar surface area (TPSA) is 54.0 Å². The lowest BCUT2D eigenvalue weighted by Gasteiger charge is -2.26. The minimum atomic E-state index is -4.37. The number of nitrogens with zero attached hydrogens (tertiary/aromatic N) is 1. The molecule has 0 spiro atoms. The molecule has 0 fully saturated rings. The monoisotopic (exact) mass is 461 g/mol. The van der Waals surface area contributed by atoms with Gasteiger partial charge in [-0.15, -0.1) is 0 Å². The number of carbonyl (C=O) groups excluding carboxylic acids is 1. The Kier molecular flexibility index (Phi) is 7.88. The Morgan fingerprint density at radius 1 is 1.00 bits per heavy atom. The van der Waals surface area contributed by atoms with Crippen molar-refractivity contribution in [3.05, 3.63) is 100 Å². The Morgan fingerprint density at radius 2 is 1.69 bits per heavy atom. The van der Waals surface area contributed by atoms with Crippen molar-refractivity contribution < 1.29 is 18.0 Å². The van der Waals surface area contributed by atoms with Gasteiger partial charge in [0.1, 0.15) is 11.2 Å². The van der Waals surface area contributed by atoms with Crippen LogP contribution in [0.15, 0.2) is 72.9 Å². The molecule has 1 unspecified atom stereocenters. The second kappa shape index (κ2) is 10.6. The summed E-state index contributed by atoms with van der Waals surface area (Å²) in [7, 11) is 1.57. The number of likely N-dealkylation sites (N-methyl/N-ethyl adjacent to an activating group) is 1. The molecule has 168 valence electrons. The smallest absolute Gasteiger partial charge is 0.358 e. The third-order valence-corrected chi connectivity index (χ3v) is 5.39. The predicted molar refractivity (Wildman–Crippen MR) is 118 cm³/mol. The molecule has 2 atom stereocenters. The number of alkyl halides is 3. The average molecular weight is 462 g/mol. The summed E-state index contributed by atoms with van der Waals surface area (Å²) in [4.78, 5) is 16.8. The highest BCUT2D eigenvalue weighted by molar-refractivity contribution is 6.29. The predicted octanol–water partition coefficient (Wildman–Crippen LogP) is 5.50. The standard InChI is InChI=1S/C24H23ClF3N3O/c1-29-23(32)22(17-5-3-2-4-6-17)31-20(18-10-14-21(25)30-15-18)13-9-16-7-11-19(12-8-16)24(26,27)28/h2-8,10-12,14-15,20,22,31H,9,13H2,1H3,(H,29,32)/t20-,22?/m1/s1. The first-order valence-corrected chi connectivity index (χ1v) is 10.5. The molecule has 3 rings (SSSR count). The Hall–Kier alpha value is -2.90. The highest BCUT2D eigenvalue weighted by Crippen LogP contribution is 2.30. The molecule has 0 saturated heterocycles. The zero-order valence-corrected chi connectivity index (χ0v) is 18.1. The number of benzene rings is 2. The summed E-state index contributed by atoms with van der Waals surface area (Å²) in [6, 6.07) is 17.0. The van der Waals surface area contributed by atoms with Gasteiger partial charge in [-0.25, -0.2) is 4.98 Å². The Balaban J connectivity index is 1.83. The molecule has 3 aromatic rings. The van der Waals surface area contributed by atoms with E-state index in [9.17, 15) is 18.0 Å². The van der Waals surface area contributed by atoms with Crippen LogP contribution < -0.4 is 10.6 Å². The molecule has 0 aliphatic rings. The maximum atomic E-state index is 12.8. The molecule has 0 radical (unpaired) electrons. The molecule has 8 heteroatoms. The molecule has 0 aliphatic carbocycles. The average Bonchev–Trinajstić information content (AvgIpc) is 2.80. The molecular weight excluding hydrogens is 439 g/mol. The fraction of sp³-hybridized carbons (Fsp3) is 0.250. The van der Waals surface area contributed by atoms with Crippen molar-refractivity contribution in [1.82, 2.24) is 15.6 Å². The van der Waals surface area contributed by atoms with E-state index in [0.717, 1.165) is 28.8 Å². The van der Waals surface area contributed by atoms with Crippen LogP contribution in [0.4, 0.5) is 13.2 Å². The fourth-order valence-electron chi connectivity index (χ4n) is 3.43. The van der Waals surface area contributed by atoms with Crippen molar-refractivity contribution in [3.8, 4) is 0 Å². The molecule has 0 bridgehead atoms. The normalized spacial score (nSPS) is 13.4. The Morgan fingerprint density at radius 3 is 2.25 bits per heavy atom. The third-order valence-electron chi connectivity index (χ3n) is 5.16. The third kappa shape index (κ3) is 6.31. The maximum Gasteiger partial charge on any atom is 0.416 e. The maximum absolute atomic E-state index is 12.8. The molecule has 1 amide bonds. The van der Waals surface area contributed by atoms with Crippen LogP contribution in [0.3, 0.4) is 0 Å². The van der Waals surface area contributed by atoms with Crippen molar-refractivity contribution in [2.24, 2.45) is 0 Å². The zero-order chi connectivity index (χ0) is 23.1. The van der Waals surface area contributed by atoms with Crippen LogP contribution in [-0.4, -0.2) is 17.9 Å². The van der Waals surface area contributed by atoms with Crippen LogP contribution in [0.25, 0.3) is 0 Å². The highest BCUT2D eigenvalue weighted by atomic mass is 35.5. The second-order valence-corrected chi connectivity index (χ2v) is 7.71. The van der Waals surface area contributed by atoms with Gasteiger partial charge >= 0.3 is 6.18 Å². The minimum Gasteiger partial charge on any atom is -0.358 e. The first-order chi connectivity index (χ1) is 15.3. The Bertz CT molecular complexity index is 1010. The van der Waals surface area contributed by atoms with E-state index in [1.807, 2.05) is 36.4 Å². The zero-order valence-electron chi connectivity index (χ0n) is 17.4. The molecule has 1 heterocycles. The minimum absolute atomic E-state index is 0.197. The first kappa shape index (κ1) is 23.8. The van der Waals surface area contributed by atoms with Gasteiger partial charge in [0.25, 0.3) is 0 Å². The number of carbonyl (C=O) groups is 1. The van der Waals surface area contributed by atoms with Gasteiger partial charge in [-0.1, -0.05) is 60.1 Å². The first-order valence-electron chi connectivity index (χ1n) is 10.1. The summed E-state index contributed by atoms with van der Waals surface area (Å²) >= 11 is 5.93. The van der Waals surface area contributed by atoms with E-state index in [1.165, 1.54) is 12.1 Å². The number of nitrogens with one attached hydrogen (secondary N) is 2. The van der Waals surface area contributed by atoms with Gasteiger partial charge in [0.15, 0.2) is 0 Å². The summed E-state index contributed by atoms with van der Waals surface area (Å²) in [5.74, 6) is -0.197. The van der Waals surface area contributed by atoms with Crippen molar-refractivity contribution in [2.45, 2.75) is 31.1 Å². The molecule has 32 heavy (non-hydrogen) atoms. The lowest BCUT2D eigenvalue weighted by molar-refractivity contribution is -0.137. The van der Waals surface area contributed by atoms with Crippen molar-refractivity contribution >= 4 is 17.5 Å². The quantitative estimate of drug-likeness (QED) is 0.435. The summed E-state index contributed by atoms with van der Waals surface area (Å²) < 4.78 is 38.5. The van der Waals surface area contributed by atoms with Gasteiger partial charge in [0.2, 0.25) is 5.91 Å². The number of pyridine rings is 1. The van der Waals surface area contributed by atoms with E-state index in [0.29, 0.717) is 18.0 Å². The number of halogens is 4. The van der Waals surface area contributed by atoms with Crippen molar-refractivity contribution in [1.29, 1.82) is 0 Å². The summed E-state index contributed by atoms with van der Waals surface area (Å²) in [5.41, 5.74) is 1.71. The molecule has 1 aromatic heterocycles. The lowest BCUT2D eigenvalue weighted by atomic mass is 9.97. The van der Waals surface area contributed by atoms with E-state index in [1.54, 1.807) is 19.3 Å². The molecule has 0 aliphatic heterocycles. The van der Waals surface area contributed by atoms with E-state index in [2.05, 4.69) is 15.6 Å². The molecule has 2 aromatic carbocycles. The molecule has 4 nitrogen and oxygen atoms in total. The van der Waals surface area contributed by atoms with E-state index < -0.39 is 17.8 Å². The number of aromatic nitrogens is 1. The fourth-order valence-corrected chi connectivity index (χ4v) is 3.54.